The van der Waals surface area contributed by atoms with E-state index in [2.05, 4.69) is 99.9 Å². The van der Waals surface area contributed by atoms with E-state index in [0.29, 0.717) is 6.54 Å². The minimum absolute atomic E-state index is 0.220. The molecule has 0 amide bonds. The van der Waals surface area contributed by atoms with E-state index in [0.717, 1.165) is 37.8 Å². The summed E-state index contributed by atoms with van der Waals surface area (Å²) in [6.45, 7) is 7.24. The molecule has 3 aromatic rings. The van der Waals surface area contributed by atoms with Crippen molar-refractivity contribution in [3.63, 3.8) is 0 Å². The van der Waals surface area contributed by atoms with Gasteiger partial charge in [-0.15, -0.1) is 10.2 Å². The summed E-state index contributed by atoms with van der Waals surface area (Å²) in [5.74, 6) is 2.05. The van der Waals surface area contributed by atoms with Gasteiger partial charge in [0.2, 0.25) is 0 Å². The summed E-state index contributed by atoms with van der Waals surface area (Å²) < 4.78 is 2.08. The second-order valence-corrected chi connectivity index (χ2v) is 6.81. The molecule has 0 radical (unpaired) electrons. The minimum atomic E-state index is 0.220. The summed E-state index contributed by atoms with van der Waals surface area (Å²) in [4.78, 5) is 4.88. The molecule has 0 spiro atoms. The van der Waals surface area contributed by atoms with Crippen LogP contribution in [0.2, 0.25) is 0 Å². The highest BCUT2D eigenvalue weighted by molar-refractivity contribution is 5.79. The van der Waals surface area contributed by atoms with E-state index in [-0.39, 0.29) is 5.92 Å². The fourth-order valence-electron chi connectivity index (χ4n) is 3.33. The summed E-state index contributed by atoms with van der Waals surface area (Å²) in [7, 11) is 0. The van der Waals surface area contributed by atoms with Gasteiger partial charge in [-0.1, -0.05) is 67.6 Å². The quantitative estimate of drug-likeness (QED) is 0.435. The van der Waals surface area contributed by atoms with E-state index < -0.39 is 0 Å². The molecular weight excluding hydrogens is 360 g/mol. The number of nitrogens with one attached hydrogen (secondary N) is 2. The van der Waals surface area contributed by atoms with Gasteiger partial charge >= 0.3 is 0 Å². The van der Waals surface area contributed by atoms with Gasteiger partial charge in [-0.3, -0.25) is 4.99 Å². The van der Waals surface area contributed by atoms with Crippen LogP contribution in [0.1, 0.15) is 36.7 Å². The fourth-order valence-corrected chi connectivity index (χ4v) is 3.33. The second kappa shape index (κ2) is 11.0. The Labute approximate surface area is 173 Å². The maximum absolute atomic E-state index is 4.88. The van der Waals surface area contributed by atoms with Crippen LogP contribution in [0.5, 0.6) is 0 Å². The molecule has 6 nitrogen and oxygen atoms in total. The van der Waals surface area contributed by atoms with Gasteiger partial charge in [0.1, 0.15) is 12.2 Å². The molecule has 0 saturated carbocycles. The van der Waals surface area contributed by atoms with Crippen LogP contribution < -0.4 is 10.6 Å². The Balaban J connectivity index is 1.69. The van der Waals surface area contributed by atoms with Crippen LogP contribution in [-0.2, 0) is 13.0 Å². The number of aliphatic imine (C=N–C) groups is 1. The molecule has 0 atom stereocenters. The van der Waals surface area contributed by atoms with Crippen molar-refractivity contribution in [1.82, 2.24) is 25.4 Å². The topological polar surface area (TPSA) is 67.1 Å². The summed E-state index contributed by atoms with van der Waals surface area (Å²) in [6, 6.07) is 21.1. The van der Waals surface area contributed by atoms with Gasteiger partial charge in [0.15, 0.2) is 5.96 Å². The number of aryl methyl sites for hydroxylation is 1. The molecule has 3 rings (SSSR count). The SMILES string of the molecule is CCNC(=NCC(c1ccccc1)c1ccccc1)NCCn1cnnc1CC. The number of guanidine groups is 1. The number of aromatic nitrogens is 3. The lowest BCUT2D eigenvalue weighted by molar-refractivity contribution is 0.632. The third-order valence-electron chi connectivity index (χ3n) is 4.84. The summed E-state index contributed by atoms with van der Waals surface area (Å²) in [5, 5.41) is 14.9. The average molecular weight is 391 g/mol. The first kappa shape index (κ1) is 20.6. The molecule has 0 aliphatic rings. The van der Waals surface area contributed by atoms with Crippen molar-refractivity contribution in [1.29, 1.82) is 0 Å². The first-order valence-electron chi connectivity index (χ1n) is 10.3. The number of hydrogen-bond donors (Lipinski definition) is 2. The fraction of sp³-hybridized carbons (Fsp3) is 0.348. The molecule has 2 N–H and O–H groups in total. The Bertz CT molecular complexity index is 833. The standard InChI is InChI=1S/C23H30N6/c1-3-22-28-27-18-29(22)16-15-25-23(24-4-2)26-17-21(19-11-7-5-8-12-19)20-13-9-6-10-14-20/h5-14,18,21H,3-4,15-17H2,1-2H3,(H2,24,25,26). The Morgan fingerprint density at radius 2 is 1.62 bits per heavy atom. The van der Waals surface area contributed by atoms with Crippen molar-refractivity contribution in [3.05, 3.63) is 83.9 Å². The molecule has 0 saturated heterocycles. The highest BCUT2D eigenvalue weighted by atomic mass is 15.3. The number of rotatable bonds is 9. The van der Waals surface area contributed by atoms with Gasteiger partial charge in [0, 0.05) is 32.0 Å². The maximum atomic E-state index is 4.88. The van der Waals surface area contributed by atoms with E-state index in [4.69, 9.17) is 4.99 Å². The predicted octanol–water partition coefficient (Wildman–Crippen LogP) is 3.23. The largest absolute Gasteiger partial charge is 0.357 e. The van der Waals surface area contributed by atoms with Crippen LogP contribution in [0, 0.1) is 0 Å². The molecule has 152 valence electrons. The zero-order valence-electron chi connectivity index (χ0n) is 17.3. The zero-order valence-corrected chi connectivity index (χ0v) is 17.3. The van der Waals surface area contributed by atoms with Crippen LogP contribution in [-0.4, -0.2) is 40.4 Å². The van der Waals surface area contributed by atoms with Crippen molar-refractivity contribution in [2.24, 2.45) is 4.99 Å². The van der Waals surface area contributed by atoms with Crippen LogP contribution in [0.3, 0.4) is 0 Å². The molecule has 6 heteroatoms. The molecule has 0 fully saturated rings. The smallest absolute Gasteiger partial charge is 0.191 e. The van der Waals surface area contributed by atoms with Crippen LogP contribution in [0.25, 0.3) is 0 Å². The lowest BCUT2D eigenvalue weighted by atomic mass is 9.91. The average Bonchev–Trinajstić information content (AvgIpc) is 3.23. The molecule has 1 aromatic heterocycles. The molecule has 0 aliphatic carbocycles. The normalized spacial score (nSPS) is 11.6. The third-order valence-corrected chi connectivity index (χ3v) is 4.84. The lowest BCUT2D eigenvalue weighted by Crippen LogP contribution is -2.39. The van der Waals surface area contributed by atoms with Crippen molar-refractivity contribution in [3.8, 4) is 0 Å². The van der Waals surface area contributed by atoms with Crippen molar-refractivity contribution < 1.29 is 0 Å². The molecule has 29 heavy (non-hydrogen) atoms. The van der Waals surface area contributed by atoms with Crippen LogP contribution in [0.4, 0.5) is 0 Å². The summed E-state index contributed by atoms with van der Waals surface area (Å²) >= 11 is 0. The molecule has 2 aromatic carbocycles. The molecule has 0 bridgehead atoms. The van der Waals surface area contributed by atoms with Crippen molar-refractivity contribution >= 4 is 5.96 Å². The van der Waals surface area contributed by atoms with E-state index in [1.807, 2.05) is 0 Å². The van der Waals surface area contributed by atoms with E-state index >= 15 is 0 Å². The second-order valence-electron chi connectivity index (χ2n) is 6.81. The number of hydrogen-bond acceptors (Lipinski definition) is 3. The molecule has 0 aliphatic heterocycles. The van der Waals surface area contributed by atoms with Gasteiger partial charge in [-0.05, 0) is 18.1 Å². The van der Waals surface area contributed by atoms with Crippen LogP contribution in [0.15, 0.2) is 72.0 Å². The van der Waals surface area contributed by atoms with Crippen molar-refractivity contribution in [2.45, 2.75) is 32.7 Å². The number of benzene rings is 2. The van der Waals surface area contributed by atoms with Gasteiger partial charge in [-0.25, -0.2) is 0 Å². The summed E-state index contributed by atoms with van der Waals surface area (Å²) in [6.07, 6.45) is 2.66. The Morgan fingerprint density at radius 1 is 0.966 bits per heavy atom. The Morgan fingerprint density at radius 3 is 2.21 bits per heavy atom. The third kappa shape index (κ3) is 5.91. The van der Waals surface area contributed by atoms with Crippen LogP contribution >= 0.6 is 0 Å². The molecular formula is C23H30N6. The monoisotopic (exact) mass is 390 g/mol. The molecule has 0 unspecified atom stereocenters. The predicted molar refractivity (Wildman–Crippen MR) is 118 cm³/mol. The lowest BCUT2D eigenvalue weighted by Gasteiger charge is -2.18. The van der Waals surface area contributed by atoms with E-state index in [9.17, 15) is 0 Å². The maximum Gasteiger partial charge on any atom is 0.191 e. The Kier molecular flexibility index (Phi) is 7.81. The van der Waals surface area contributed by atoms with E-state index in [1.165, 1.54) is 11.1 Å². The molecule has 1 heterocycles. The van der Waals surface area contributed by atoms with E-state index in [1.54, 1.807) is 6.33 Å². The first-order chi connectivity index (χ1) is 14.3. The Hall–Kier alpha value is -3.15. The summed E-state index contributed by atoms with van der Waals surface area (Å²) in [5.41, 5.74) is 2.55. The number of nitrogens with zero attached hydrogens (tertiary/aromatic N) is 4. The highest BCUT2D eigenvalue weighted by Gasteiger charge is 2.13. The van der Waals surface area contributed by atoms with Gasteiger partial charge < -0.3 is 15.2 Å². The van der Waals surface area contributed by atoms with Crippen molar-refractivity contribution in [2.75, 3.05) is 19.6 Å². The highest BCUT2D eigenvalue weighted by Crippen LogP contribution is 2.24. The minimum Gasteiger partial charge on any atom is -0.357 e. The first-order valence-corrected chi connectivity index (χ1v) is 10.3. The van der Waals surface area contributed by atoms with Gasteiger partial charge in [0.25, 0.3) is 0 Å². The zero-order chi connectivity index (χ0) is 20.3. The van der Waals surface area contributed by atoms with Gasteiger partial charge in [0.05, 0.1) is 6.54 Å². The van der Waals surface area contributed by atoms with Gasteiger partial charge in [-0.2, -0.15) is 0 Å².